The zero-order valence-corrected chi connectivity index (χ0v) is 12.3. The van der Waals surface area contributed by atoms with Crippen molar-refractivity contribution in [3.8, 4) is 0 Å². The Bertz CT molecular complexity index is 483. The van der Waals surface area contributed by atoms with Gasteiger partial charge < -0.3 is 0 Å². The SMILES string of the molecule is NNC(=O)c1ccc(CN2CCC(N3CCCC3)C2)nc1. The van der Waals surface area contributed by atoms with Crippen LogP contribution in [0.2, 0.25) is 0 Å². The zero-order chi connectivity index (χ0) is 14.7. The summed E-state index contributed by atoms with van der Waals surface area (Å²) in [5.74, 6) is 4.81. The van der Waals surface area contributed by atoms with Gasteiger partial charge in [-0.15, -0.1) is 0 Å². The highest BCUT2D eigenvalue weighted by molar-refractivity contribution is 5.93. The lowest BCUT2D eigenvalue weighted by Gasteiger charge is -2.23. The molecule has 2 aliphatic rings. The number of hydrogen-bond acceptors (Lipinski definition) is 5. The Morgan fingerprint density at radius 3 is 2.81 bits per heavy atom. The molecule has 0 saturated carbocycles. The molecule has 114 valence electrons. The lowest BCUT2D eigenvalue weighted by atomic mass is 10.2. The Labute approximate surface area is 125 Å². The number of pyridine rings is 1. The third-order valence-corrected chi connectivity index (χ3v) is 4.51. The molecule has 1 unspecified atom stereocenters. The number of carbonyl (C=O) groups excluding carboxylic acids is 1. The van der Waals surface area contributed by atoms with E-state index >= 15 is 0 Å². The Hall–Kier alpha value is -1.50. The second-order valence-electron chi connectivity index (χ2n) is 5.93. The summed E-state index contributed by atoms with van der Waals surface area (Å²) in [4.78, 5) is 20.8. The number of nitrogens with zero attached hydrogens (tertiary/aromatic N) is 3. The number of amides is 1. The molecule has 2 saturated heterocycles. The van der Waals surface area contributed by atoms with Crippen LogP contribution in [0.3, 0.4) is 0 Å². The van der Waals surface area contributed by atoms with Crippen LogP contribution in [0.1, 0.15) is 35.3 Å². The summed E-state index contributed by atoms with van der Waals surface area (Å²) in [5.41, 5.74) is 3.62. The number of carbonyl (C=O) groups is 1. The van der Waals surface area contributed by atoms with Gasteiger partial charge in [0.1, 0.15) is 0 Å². The van der Waals surface area contributed by atoms with E-state index in [-0.39, 0.29) is 5.91 Å². The summed E-state index contributed by atoms with van der Waals surface area (Å²) in [6, 6.07) is 4.40. The molecule has 1 amide bonds. The van der Waals surface area contributed by atoms with Gasteiger partial charge >= 0.3 is 0 Å². The van der Waals surface area contributed by atoms with Crippen molar-refractivity contribution in [1.29, 1.82) is 0 Å². The van der Waals surface area contributed by atoms with Crippen molar-refractivity contribution in [2.45, 2.75) is 31.8 Å². The normalized spacial score (nSPS) is 23.6. The molecular weight excluding hydrogens is 266 g/mol. The van der Waals surface area contributed by atoms with Crippen LogP contribution < -0.4 is 11.3 Å². The lowest BCUT2D eigenvalue weighted by Crippen LogP contribution is -2.35. The molecule has 21 heavy (non-hydrogen) atoms. The highest BCUT2D eigenvalue weighted by atomic mass is 16.2. The standard InChI is InChI=1S/C15H23N5O/c16-18-15(21)12-3-4-13(17-9-12)10-19-8-5-14(11-19)20-6-1-2-7-20/h3-4,9,14H,1-2,5-8,10-11,16H2,(H,18,21). The van der Waals surface area contributed by atoms with E-state index in [1.54, 1.807) is 12.3 Å². The molecule has 2 fully saturated rings. The van der Waals surface area contributed by atoms with E-state index in [0.29, 0.717) is 5.56 Å². The molecule has 0 spiro atoms. The van der Waals surface area contributed by atoms with Gasteiger partial charge in [-0.1, -0.05) is 0 Å². The molecule has 0 radical (unpaired) electrons. The minimum absolute atomic E-state index is 0.302. The number of nitrogens with two attached hydrogens (primary N) is 1. The molecule has 0 aliphatic carbocycles. The summed E-state index contributed by atoms with van der Waals surface area (Å²) < 4.78 is 0. The minimum Gasteiger partial charge on any atom is -0.299 e. The van der Waals surface area contributed by atoms with E-state index in [2.05, 4.69) is 20.2 Å². The zero-order valence-electron chi connectivity index (χ0n) is 12.3. The van der Waals surface area contributed by atoms with Gasteiger partial charge in [-0.3, -0.25) is 25.0 Å². The maximum Gasteiger partial charge on any atom is 0.266 e. The second kappa shape index (κ2) is 6.51. The Morgan fingerprint density at radius 2 is 2.14 bits per heavy atom. The molecule has 3 N–H and O–H groups in total. The first kappa shape index (κ1) is 14.4. The minimum atomic E-state index is -0.302. The molecule has 2 aliphatic heterocycles. The van der Waals surface area contributed by atoms with Gasteiger partial charge in [0.2, 0.25) is 0 Å². The van der Waals surface area contributed by atoms with Crippen molar-refractivity contribution >= 4 is 5.91 Å². The molecule has 1 aromatic heterocycles. The molecule has 0 aromatic carbocycles. The maximum absolute atomic E-state index is 11.4. The quantitative estimate of drug-likeness (QED) is 0.475. The number of hydrogen-bond donors (Lipinski definition) is 2. The van der Waals surface area contributed by atoms with Gasteiger partial charge in [-0.2, -0.15) is 0 Å². The van der Waals surface area contributed by atoms with Gasteiger partial charge in [-0.25, -0.2) is 5.84 Å². The average Bonchev–Trinajstić information content (AvgIpc) is 3.18. The first-order chi connectivity index (χ1) is 10.3. The van der Waals surface area contributed by atoms with Gasteiger partial charge in [0.25, 0.3) is 5.91 Å². The van der Waals surface area contributed by atoms with Gasteiger partial charge in [0.15, 0.2) is 0 Å². The number of rotatable bonds is 4. The Balaban J connectivity index is 1.53. The van der Waals surface area contributed by atoms with Crippen LogP contribution in [-0.2, 0) is 6.54 Å². The number of aromatic nitrogens is 1. The van der Waals surface area contributed by atoms with Crippen molar-refractivity contribution in [2.75, 3.05) is 26.2 Å². The van der Waals surface area contributed by atoms with Crippen molar-refractivity contribution < 1.29 is 4.79 Å². The average molecular weight is 289 g/mol. The number of hydrazine groups is 1. The van der Waals surface area contributed by atoms with Gasteiger partial charge in [-0.05, 0) is 44.5 Å². The summed E-state index contributed by atoms with van der Waals surface area (Å²) in [5, 5.41) is 0. The highest BCUT2D eigenvalue weighted by Crippen LogP contribution is 2.21. The molecule has 1 aromatic rings. The molecular formula is C15H23N5O. The number of nitrogen functional groups attached to an aromatic ring is 1. The first-order valence-electron chi connectivity index (χ1n) is 7.68. The fourth-order valence-electron chi connectivity index (χ4n) is 3.33. The van der Waals surface area contributed by atoms with Gasteiger partial charge in [0.05, 0.1) is 11.3 Å². The summed E-state index contributed by atoms with van der Waals surface area (Å²) >= 11 is 0. The number of nitrogens with one attached hydrogen (secondary N) is 1. The van der Waals surface area contributed by atoms with Crippen LogP contribution in [0.4, 0.5) is 0 Å². The van der Waals surface area contributed by atoms with E-state index in [0.717, 1.165) is 31.4 Å². The maximum atomic E-state index is 11.4. The Kier molecular flexibility index (Phi) is 4.48. The van der Waals surface area contributed by atoms with Crippen LogP contribution in [0, 0.1) is 0 Å². The molecule has 3 rings (SSSR count). The largest absolute Gasteiger partial charge is 0.299 e. The predicted octanol–water partition coefficient (Wildman–Crippen LogP) is 0.355. The topological polar surface area (TPSA) is 74.5 Å². The van der Waals surface area contributed by atoms with Crippen LogP contribution >= 0.6 is 0 Å². The van der Waals surface area contributed by atoms with E-state index < -0.39 is 0 Å². The lowest BCUT2D eigenvalue weighted by molar-refractivity contribution is 0.0953. The van der Waals surface area contributed by atoms with Crippen molar-refractivity contribution in [3.05, 3.63) is 29.6 Å². The number of likely N-dealkylation sites (tertiary alicyclic amines) is 2. The molecule has 6 nitrogen and oxygen atoms in total. The van der Waals surface area contributed by atoms with E-state index in [9.17, 15) is 4.79 Å². The van der Waals surface area contributed by atoms with Crippen LogP contribution in [0.5, 0.6) is 0 Å². The van der Waals surface area contributed by atoms with E-state index in [4.69, 9.17) is 5.84 Å². The van der Waals surface area contributed by atoms with E-state index in [1.165, 1.54) is 32.4 Å². The Morgan fingerprint density at radius 1 is 1.33 bits per heavy atom. The summed E-state index contributed by atoms with van der Waals surface area (Å²) in [6.07, 6.45) is 5.55. The molecule has 6 heteroatoms. The molecule has 1 atom stereocenters. The van der Waals surface area contributed by atoms with Crippen LogP contribution in [0.15, 0.2) is 18.3 Å². The van der Waals surface area contributed by atoms with Crippen molar-refractivity contribution in [1.82, 2.24) is 20.2 Å². The predicted molar refractivity (Wildman–Crippen MR) is 80.4 cm³/mol. The monoisotopic (exact) mass is 289 g/mol. The highest BCUT2D eigenvalue weighted by Gasteiger charge is 2.29. The van der Waals surface area contributed by atoms with Crippen LogP contribution in [-0.4, -0.2) is 52.9 Å². The summed E-state index contributed by atoms with van der Waals surface area (Å²) in [7, 11) is 0. The third-order valence-electron chi connectivity index (χ3n) is 4.51. The first-order valence-corrected chi connectivity index (χ1v) is 7.68. The molecule has 0 bridgehead atoms. The van der Waals surface area contributed by atoms with Crippen LogP contribution in [0.25, 0.3) is 0 Å². The third kappa shape index (κ3) is 3.40. The van der Waals surface area contributed by atoms with E-state index in [1.807, 2.05) is 6.07 Å². The molecule has 3 heterocycles. The van der Waals surface area contributed by atoms with Crippen molar-refractivity contribution in [2.24, 2.45) is 5.84 Å². The fourth-order valence-corrected chi connectivity index (χ4v) is 3.33. The second-order valence-corrected chi connectivity index (χ2v) is 5.93. The summed E-state index contributed by atoms with van der Waals surface area (Å²) in [6.45, 7) is 5.65. The smallest absolute Gasteiger partial charge is 0.266 e. The fraction of sp³-hybridized carbons (Fsp3) is 0.600. The van der Waals surface area contributed by atoms with Crippen molar-refractivity contribution in [3.63, 3.8) is 0 Å². The van der Waals surface area contributed by atoms with Gasteiger partial charge in [0, 0.05) is 31.9 Å².